The minimum Gasteiger partial charge on any atom is -0.491 e. The number of nitrogens with zero attached hydrogens (tertiary/aromatic N) is 3. The lowest BCUT2D eigenvalue weighted by atomic mass is 10.3. The third-order valence-electron chi connectivity index (χ3n) is 3.34. The predicted molar refractivity (Wildman–Crippen MR) is 91.5 cm³/mol. The summed E-state index contributed by atoms with van der Waals surface area (Å²) in [4.78, 5) is 16.2. The van der Waals surface area contributed by atoms with Crippen LogP contribution in [0.2, 0.25) is 0 Å². The zero-order valence-electron chi connectivity index (χ0n) is 13.5. The molecular weight excluding hydrogens is 308 g/mol. The van der Waals surface area contributed by atoms with Crippen LogP contribution in [0.5, 0.6) is 5.75 Å². The molecule has 0 aliphatic rings. The molecule has 8 nitrogen and oxygen atoms in total. The van der Waals surface area contributed by atoms with Gasteiger partial charge in [0.25, 0.3) is 0 Å². The SMILES string of the molecule is COCCOc1ccc(Nc2ncc3[nH]c(CCN)nc3n2)cc1. The first-order valence-corrected chi connectivity index (χ1v) is 7.69. The fraction of sp³-hybridized carbons (Fsp3) is 0.312. The Kier molecular flexibility index (Phi) is 5.19. The standard InChI is InChI=1S/C16H20N6O2/c1-23-8-9-24-12-4-2-11(3-5-12)19-16-18-10-13-15(22-16)21-14(20-13)6-7-17/h2-5,10H,6-9,17H2,1H3,(H2,18,19,20,21,22). The van der Waals surface area contributed by atoms with E-state index < -0.39 is 0 Å². The molecule has 0 atom stereocenters. The third-order valence-corrected chi connectivity index (χ3v) is 3.34. The van der Waals surface area contributed by atoms with Gasteiger partial charge in [0, 0.05) is 19.2 Å². The van der Waals surface area contributed by atoms with Gasteiger partial charge in [-0.25, -0.2) is 9.97 Å². The number of nitrogens with two attached hydrogens (primary N) is 1. The number of aromatic nitrogens is 4. The molecule has 0 aliphatic carbocycles. The maximum absolute atomic E-state index is 5.54. The smallest absolute Gasteiger partial charge is 0.229 e. The quantitative estimate of drug-likeness (QED) is 0.539. The van der Waals surface area contributed by atoms with Crippen molar-refractivity contribution in [3.63, 3.8) is 0 Å². The van der Waals surface area contributed by atoms with Crippen LogP contribution in [0.4, 0.5) is 11.6 Å². The zero-order chi connectivity index (χ0) is 16.8. The van der Waals surface area contributed by atoms with Gasteiger partial charge in [-0.1, -0.05) is 0 Å². The summed E-state index contributed by atoms with van der Waals surface area (Å²) in [5.41, 5.74) is 7.82. The van der Waals surface area contributed by atoms with Crippen LogP contribution in [0.3, 0.4) is 0 Å². The lowest BCUT2D eigenvalue weighted by molar-refractivity contribution is 0.146. The molecule has 0 saturated heterocycles. The van der Waals surface area contributed by atoms with E-state index in [1.807, 2.05) is 24.3 Å². The fourth-order valence-electron chi connectivity index (χ4n) is 2.18. The average Bonchev–Trinajstić information content (AvgIpc) is 2.99. The summed E-state index contributed by atoms with van der Waals surface area (Å²) in [7, 11) is 1.64. The number of nitrogens with one attached hydrogen (secondary N) is 2. The van der Waals surface area contributed by atoms with Crippen LogP contribution in [-0.2, 0) is 11.2 Å². The second-order valence-electron chi connectivity index (χ2n) is 5.14. The molecule has 1 aromatic carbocycles. The molecule has 0 radical (unpaired) electrons. The van der Waals surface area contributed by atoms with Crippen molar-refractivity contribution in [2.45, 2.75) is 6.42 Å². The van der Waals surface area contributed by atoms with Gasteiger partial charge >= 0.3 is 0 Å². The molecular formula is C16H20N6O2. The molecule has 4 N–H and O–H groups in total. The Hall–Kier alpha value is -2.71. The van der Waals surface area contributed by atoms with Crippen LogP contribution < -0.4 is 15.8 Å². The van der Waals surface area contributed by atoms with Crippen LogP contribution in [0.15, 0.2) is 30.5 Å². The molecule has 24 heavy (non-hydrogen) atoms. The minimum atomic E-state index is 0.487. The molecule has 0 aliphatic heterocycles. The van der Waals surface area contributed by atoms with Crippen molar-refractivity contribution in [3.05, 3.63) is 36.3 Å². The number of fused-ring (bicyclic) bond motifs is 1. The van der Waals surface area contributed by atoms with Gasteiger partial charge in [0.1, 0.15) is 23.7 Å². The zero-order valence-corrected chi connectivity index (χ0v) is 13.5. The molecule has 0 fully saturated rings. The summed E-state index contributed by atoms with van der Waals surface area (Å²) in [6.45, 7) is 1.62. The van der Waals surface area contributed by atoms with Crippen molar-refractivity contribution >= 4 is 22.8 Å². The molecule has 0 amide bonds. The predicted octanol–water partition coefficient (Wildman–Crippen LogP) is 1.62. The van der Waals surface area contributed by atoms with Gasteiger partial charge in [0.2, 0.25) is 5.95 Å². The summed E-state index contributed by atoms with van der Waals surface area (Å²) in [5, 5.41) is 3.15. The van der Waals surface area contributed by atoms with Crippen LogP contribution in [-0.4, -0.2) is 46.8 Å². The third kappa shape index (κ3) is 3.98. The Morgan fingerprint density at radius 3 is 2.75 bits per heavy atom. The molecule has 3 aromatic rings. The Morgan fingerprint density at radius 1 is 1.17 bits per heavy atom. The highest BCUT2D eigenvalue weighted by Gasteiger charge is 2.06. The van der Waals surface area contributed by atoms with Crippen LogP contribution >= 0.6 is 0 Å². The molecule has 0 spiro atoms. The number of H-pyrrole nitrogens is 1. The molecule has 2 heterocycles. The first kappa shape index (κ1) is 16.2. The summed E-state index contributed by atoms with van der Waals surface area (Å²) < 4.78 is 10.5. The van der Waals surface area contributed by atoms with Crippen molar-refractivity contribution in [2.24, 2.45) is 5.73 Å². The van der Waals surface area contributed by atoms with E-state index in [9.17, 15) is 0 Å². The number of anilines is 2. The molecule has 126 valence electrons. The minimum absolute atomic E-state index is 0.487. The molecule has 2 aromatic heterocycles. The summed E-state index contributed by atoms with van der Waals surface area (Å²) in [5.74, 6) is 2.09. The Bertz CT molecular complexity index is 787. The number of aromatic amines is 1. The highest BCUT2D eigenvalue weighted by molar-refractivity contribution is 5.71. The Balaban J connectivity index is 1.67. The second-order valence-corrected chi connectivity index (χ2v) is 5.14. The van der Waals surface area contributed by atoms with Gasteiger partial charge in [-0.2, -0.15) is 4.98 Å². The van der Waals surface area contributed by atoms with E-state index >= 15 is 0 Å². The van der Waals surface area contributed by atoms with E-state index in [0.717, 1.165) is 22.8 Å². The van der Waals surface area contributed by atoms with Gasteiger partial charge in [0.15, 0.2) is 5.65 Å². The van der Waals surface area contributed by atoms with Gasteiger partial charge in [0.05, 0.1) is 12.8 Å². The van der Waals surface area contributed by atoms with Crippen molar-refractivity contribution in [1.82, 2.24) is 19.9 Å². The van der Waals surface area contributed by atoms with E-state index in [4.69, 9.17) is 15.2 Å². The van der Waals surface area contributed by atoms with Crippen molar-refractivity contribution in [2.75, 3.05) is 32.2 Å². The lowest BCUT2D eigenvalue weighted by Crippen LogP contribution is -2.04. The van der Waals surface area contributed by atoms with E-state index in [0.29, 0.717) is 37.8 Å². The summed E-state index contributed by atoms with van der Waals surface area (Å²) >= 11 is 0. The van der Waals surface area contributed by atoms with E-state index in [-0.39, 0.29) is 0 Å². The summed E-state index contributed by atoms with van der Waals surface area (Å²) in [6.07, 6.45) is 2.39. The monoisotopic (exact) mass is 328 g/mol. The van der Waals surface area contributed by atoms with Gasteiger partial charge in [-0.15, -0.1) is 0 Å². The number of methoxy groups -OCH3 is 1. The number of hydrogen-bond donors (Lipinski definition) is 3. The maximum atomic E-state index is 5.54. The molecule has 0 bridgehead atoms. The van der Waals surface area contributed by atoms with Crippen LogP contribution in [0.25, 0.3) is 11.2 Å². The van der Waals surface area contributed by atoms with E-state index in [2.05, 4.69) is 25.3 Å². The number of ether oxygens (including phenoxy) is 2. The maximum Gasteiger partial charge on any atom is 0.229 e. The number of hydrogen-bond acceptors (Lipinski definition) is 7. The van der Waals surface area contributed by atoms with Crippen molar-refractivity contribution in [1.29, 1.82) is 0 Å². The average molecular weight is 328 g/mol. The highest BCUT2D eigenvalue weighted by atomic mass is 16.5. The molecule has 3 rings (SSSR count). The Morgan fingerprint density at radius 2 is 2.00 bits per heavy atom. The topological polar surface area (TPSA) is 111 Å². The highest BCUT2D eigenvalue weighted by Crippen LogP contribution is 2.19. The number of rotatable bonds is 8. The molecule has 0 saturated carbocycles. The van der Waals surface area contributed by atoms with Gasteiger partial charge < -0.3 is 25.5 Å². The van der Waals surface area contributed by atoms with E-state index in [1.165, 1.54) is 0 Å². The van der Waals surface area contributed by atoms with Crippen molar-refractivity contribution < 1.29 is 9.47 Å². The summed E-state index contributed by atoms with van der Waals surface area (Å²) in [6, 6.07) is 7.56. The Labute approximate surface area is 139 Å². The fourth-order valence-corrected chi connectivity index (χ4v) is 2.18. The number of imidazole rings is 1. The molecule has 8 heteroatoms. The largest absolute Gasteiger partial charge is 0.491 e. The van der Waals surface area contributed by atoms with E-state index in [1.54, 1.807) is 13.3 Å². The van der Waals surface area contributed by atoms with Crippen LogP contribution in [0, 0.1) is 0 Å². The van der Waals surface area contributed by atoms with Gasteiger partial charge in [-0.05, 0) is 30.8 Å². The first-order valence-electron chi connectivity index (χ1n) is 7.69. The van der Waals surface area contributed by atoms with Crippen LogP contribution in [0.1, 0.15) is 5.82 Å². The molecule has 0 unspecified atom stereocenters. The number of benzene rings is 1. The normalized spacial score (nSPS) is 10.9. The van der Waals surface area contributed by atoms with Crippen molar-refractivity contribution in [3.8, 4) is 5.75 Å². The van der Waals surface area contributed by atoms with Gasteiger partial charge in [-0.3, -0.25) is 0 Å². The second kappa shape index (κ2) is 7.71. The first-order chi connectivity index (χ1) is 11.8. The lowest BCUT2D eigenvalue weighted by Gasteiger charge is -2.07.